The van der Waals surface area contributed by atoms with Gasteiger partial charge in [-0.25, -0.2) is 9.37 Å². The molecule has 0 radical (unpaired) electrons. The van der Waals surface area contributed by atoms with Gasteiger partial charge in [0.25, 0.3) is 0 Å². The molecule has 2 N–H and O–H groups in total. The van der Waals surface area contributed by atoms with Crippen molar-refractivity contribution in [1.29, 1.82) is 0 Å². The van der Waals surface area contributed by atoms with E-state index in [1.807, 2.05) is 13.2 Å². The zero-order chi connectivity index (χ0) is 14.7. The molecule has 4 nitrogen and oxygen atoms in total. The van der Waals surface area contributed by atoms with E-state index in [1.54, 1.807) is 31.0 Å². The highest BCUT2D eigenvalue weighted by Crippen LogP contribution is 2.36. The van der Waals surface area contributed by atoms with Gasteiger partial charge in [0, 0.05) is 17.4 Å². The van der Waals surface area contributed by atoms with E-state index >= 15 is 0 Å². The zero-order valence-electron chi connectivity index (χ0n) is 11.6. The van der Waals surface area contributed by atoms with Crippen LogP contribution in [-0.2, 0) is 0 Å². The predicted octanol–water partition coefficient (Wildman–Crippen LogP) is 2.97. The first-order valence-electron chi connectivity index (χ1n) is 6.02. The number of halogens is 1. The molecule has 0 spiro atoms. The Balaban J connectivity index is 2.49. The van der Waals surface area contributed by atoms with Crippen molar-refractivity contribution in [3.05, 3.63) is 47.2 Å². The quantitative estimate of drug-likeness (QED) is 0.878. The average Bonchev–Trinajstić information content (AvgIpc) is 2.41. The number of methoxy groups -OCH3 is 1. The van der Waals surface area contributed by atoms with Crippen molar-refractivity contribution >= 4 is 17.4 Å². The minimum atomic E-state index is -0.353. The van der Waals surface area contributed by atoms with Gasteiger partial charge < -0.3 is 10.5 Å². The number of hydrogen-bond donors (Lipinski definition) is 1. The van der Waals surface area contributed by atoms with Crippen molar-refractivity contribution in [2.24, 2.45) is 0 Å². The molecule has 1 heterocycles. The lowest BCUT2D eigenvalue weighted by Crippen LogP contribution is -2.07. The first-order chi connectivity index (χ1) is 9.55. The van der Waals surface area contributed by atoms with E-state index in [4.69, 9.17) is 10.5 Å². The normalized spacial score (nSPS) is 12.2. The summed E-state index contributed by atoms with van der Waals surface area (Å²) >= 11 is 1.54. The van der Waals surface area contributed by atoms with Gasteiger partial charge in [-0.1, -0.05) is 6.07 Å². The highest BCUT2D eigenvalue weighted by Gasteiger charge is 2.20. The summed E-state index contributed by atoms with van der Waals surface area (Å²) in [7, 11) is 1.56. The Morgan fingerprint density at radius 1 is 1.30 bits per heavy atom. The lowest BCUT2D eigenvalue weighted by atomic mass is 10.1. The fraction of sp³-hybridized carbons (Fsp3) is 0.286. The minimum absolute atomic E-state index is 0.163. The van der Waals surface area contributed by atoms with Crippen molar-refractivity contribution in [2.75, 3.05) is 19.1 Å². The average molecular weight is 293 g/mol. The first kappa shape index (κ1) is 14.6. The van der Waals surface area contributed by atoms with E-state index in [1.165, 1.54) is 12.1 Å². The van der Waals surface area contributed by atoms with E-state index in [0.717, 1.165) is 11.3 Å². The molecule has 0 fully saturated rings. The fourth-order valence-electron chi connectivity index (χ4n) is 1.94. The van der Waals surface area contributed by atoms with E-state index in [2.05, 4.69) is 9.97 Å². The summed E-state index contributed by atoms with van der Waals surface area (Å²) in [6.07, 6.45) is 1.94. The van der Waals surface area contributed by atoms with E-state index in [0.29, 0.717) is 17.4 Å². The van der Waals surface area contributed by atoms with Gasteiger partial charge in [-0.2, -0.15) is 4.98 Å². The molecule has 106 valence electrons. The molecular formula is C14H16FN3OS. The van der Waals surface area contributed by atoms with Gasteiger partial charge in [-0.05, 0) is 30.9 Å². The van der Waals surface area contributed by atoms with Crippen LogP contribution in [0.25, 0.3) is 0 Å². The van der Waals surface area contributed by atoms with Crippen LogP contribution in [0.2, 0.25) is 0 Å². The second-order valence-corrected chi connectivity index (χ2v) is 5.24. The van der Waals surface area contributed by atoms with Gasteiger partial charge in [0.15, 0.2) is 0 Å². The second-order valence-electron chi connectivity index (χ2n) is 4.30. The molecule has 0 aliphatic heterocycles. The summed E-state index contributed by atoms with van der Waals surface area (Å²) in [5.74, 6) is 0.758. The molecule has 1 atom stereocenters. The molecule has 0 bridgehead atoms. The topological polar surface area (TPSA) is 61.0 Å². The number of nitrogen functional groups attached to an aromatic ring is 1. The molecule has 1 unspecified atom stereocenters. The third kappa shape index (κ3) is 3.01. The van der Waals surface area contributed by atoms with E-state index in [9.17, 15) is 4.39 Å². The molecule has 0 aliphatic carbocycles. The molecule has 1 aromatic carbocycles. The number of nitrogens with zero attached hydrogens (tertiary/aromatic N) is 2. The minimum Gasteiger partial charge on any atom is -0.481 e. The Morgan fingerprint density at radius 2 is 2.05 bits per heavy atom. The molecule has 0 aliphatic rings. The summed E-state index contributed by atoms with van der Waals surface area (Å²) in [5, 5.41) is -0.163. The van der Waals surface area contributed by atoms with E-state index in [-0.39, 0.29) is 11.1 Å². The Bertz CT molecular complexity index is 621. The molecule has 0 saturated carbocycles. The summed E-state index contributed by atoms with van der Waals surface area (Å²) in [5.41, 5.74) is 7.91. The Labute approximate surface area is 121 Å². The maximum absolute atomic E-state index is 13.2. The van der Waals surface area contributed by atoms with Gasteiger partial charge in [0.2, 0.25) is 5.88 Å². The number of ether oxygens (including phenoxy) is 1. The molecule has 1 aromatic heterocycles. The van der Waals surface area contributed by atoms with Crippen LogP contribution in [0.4, 0.5) is 10.1 Å². The molecule has 2 aromatic rings. The number of aromatic nitrogens is 2. The van der Waals surface area contributed by atoms with Crippen LogP contribution in [-0.4, -0.2) is 23.3 Å². The first-order valence-corrected chi connectivity index (χ1v) is 7.31. The van der Waals surface area contributed by atoms with Gasteiger partial charge in [-0.15, -0.1) is 11.8 Å². The van der Waals surface area contributed by atoms with Crippen LogP contribution < -0.4 is 10.5 Å². The fourth-order valence-corrected chi connectivity index (χ4v) is 2.72. The summed E-state index contributed by atoms with van der Waals surface area (Å²) < 4.78 is 18.3. The van der Waals surface area contributed by atoms with Crippen molar-refractivity contribution in [3.8, 4) is 5.88 Å². The SMILES string of the molecule is COc1cc(C)nc(C(SC)c2ccc(F)cc2N)n1. The number of rotatable bonds is 4. The monoisotopic (exact) mass is 293 g/mol. The summed E-state index contributed by atoms with van der Waals surface area (Å²) in [4.78, 5) is 8.79. The lowest BCUT2D eigenvalue weighted by Gasteiger charge is -2.16. The van der Waals surface area contributed by atoms with Gasteiger partial charge in [0.05, 0.1) is 12.4 Å². The highest BCUT2D eigenvalue weighted by atomic mass is 32.2. The summed E-state index contributed by atoms with van der Waals surface area (Å²) in [6, 6.07) is 6.13. The number of benzene rings is 1. The van der Waals surface area contributed by atoms with Crippen LogP contribution in [0.3, 0.4) is 0 Å². The largest absolute Gasteiger partial charge is 0.481 e. The lowest BCUT2D eigenvalue weighted by molar-refractivity contribution is 0.394. The Kier molecular flexibility index (Phi) is 4.44. The number of nitrogens with two attached hydrogens (primary N) is 1. The van der Waals surface area contributed by atoms with Gasteiger partial charge in [0.1, 0.15) is 11.6 Å². The van der Waals surface area contributed by atoms with Crippen LogP contribution in [0, 0.1) is 12.7 Å². The van der Waals surface area contributed by atoms with Crippen molar-refractivity contribution in [1.82, 2.24) is 9.97 Å². The Hall–Kier alpha value is -1.82. The molecule has 0 amide bonds. The molecule has 2 rings (SSSR count). The Morgan fingerprint density at radius 3 is 2.65 bits per heavy atom. The van der Waals surface area contributed by atoms with Gasteiger partial charge in [-0.3, -0.25) is 0 Å². The third-order valence-corrected chi connectivity index (χ3v) is 3.79. The van der Waals surface area contributed by atoms with Crippen molar-refractivity contribution in [3.63, 3.8) is 0 Å². The maximum atomic E-state index is 13.2. The van der Waals surface area contributed by atoms with Crippen LogP contribution >= 0.6 is 11.8 Å². The van der Waals surface area contributed by atoms with Crippen LogP contribution in [0.1, 0.15) is 22.3 Å². The number of aryl methyl sites for hydroxylation is 1. The van der Waals surface area contributed by atoms with Crippen LogP contribution in [0.5, 0.6) is 5.88 Å². The number of hydrogen-bond acceptors (Lipinski definition) is 5. The van der Waals surface area contributed by atoms with E-state index < -0.39 is 0 Å². The molecular weight excluding hydrogens is 277 g/mol. The highest BCUT2D eigenvalue weighted by molar-refractivity contribution is 7.99. The predicted molar refractivity (Wildman–Crippen MR) is 79.5 cm³/mol. The molecule has 20 heavy (non-hydrogen) atoms. The van der Waals surface area contributed by atoms with Gasteiger partial charge >= 0.3 is 0 Å². The molecule has 0 saturated heterocycles. The second kappa shape index (κ2) is 6.09. The zero-order valence-corrected chi connectivity index (χ0v) is 12.4. The standard InChI is InChI=1S/C14H16FN3OS/c1-8-6-12(19-2)18-14(17-8)13(20-3)10-5-4-9(15)7-11(10)16/h4-7,13H,16H2,1-3H3. The van der Waals surface area contributed by atoms with Crippen molar-refractivity contribution < 1.29 is 9.13 Å². The number of anilines is 1. The third-order valence-electron chi connectivity index (χ3n) is 2.86. The number of thioether (sulfide) groups is 1. The molecule has 6 heteroatoms. The maximum Gasteiger partial charge on any atom is 0.216 e. The van der Waals surface area contributed by atoms with Crippen molar-refractivity contribution in [2.45, 2.75) is 12.2 Å². The smallest absolute Gasteiger partial charge is 0.216 e. The summed E-state index contributed by atoms with van der Waals surface area (Å²) in [6.45, 7) is 1.87. The van der Waals surface area contributed by atoms with Crippen LogP contribution in [0.15, 0.2) is 24.3 Å².